The first kappa shape index (κ1) is 13.4. The molecule has 0 aliphatic heterocycles. The van der Waals surface area contributed by atoms with E-state index in [-0.39, 0.29) is 12.5 Å². The number of hydrogen-bond acceptors (Lipinski definition) is 4. The van der Waals surface area contributed by atoms with Crippen molar-refractivity contribution in [3.05, 3.63) is 0 Å². The van der Waals surface area contributed by atoms with Gasteiger partial charge in [0.05, 0.1) is 18.8 Å². The number of hydrogen-bond donors (Lipinski definition) is 3. The SMILES string of the molecule is COCCNC(=O)CNCC(C)(C)O. The van der Waals surface area contributed by atoms with Crippen molar-refractivity contribution in [2.75, 3.05) is 33.4 Å². The van der Waals surface area contributed by atoms with Crippen LogP contribution in [0.2, 0.25) is 0 Å². The lowest BCUT2D eigenvalue weighted by molar-refractivity contribution is -0.120. The summed E-state index contributed by atoms with van der Waals surface area (Å²) in [6.45, 7) is 5.00. The summed E-state index contributed by atoms with van der Waals surface area (Å²) in [7, 11) is 1.58. The molecule has 0 atom stereocenters. The summed E-state index contributed by atoms with van der Waals surface area (Å²) >= 11 is 0. The van der Waals surface area contributed by atoms with Gasteiger partial charge in [-0.3, -0.25) is 4.79 Å². The Kier molecular flexibility index (Phi) is 6.44. The first-order chi connectivity index (χ1) is 6.45. The molecule has 0 heterocycles. The standard InChI is InChI=1S/C9H20N2O3/c1-9(2,13)7-10-6-8(12)11-4-5-14-3/h10,13H,4-7H2,1-3H3,(H,11,12). The first-order valence-electron chi connectivity index (χ1n) is 4.64. The maximum atomic E-state index is 11.1. The third kappa shape index (κ3) is 9.44. The van der Waals surface area contributed by atoms with Crippen LogP contribution >= 0.6 is 0 Å². The highest BCUT2D eigenvalue weighted by Crippen LogP contribution is 1.96. The van der Waals surface area contributed by atoms with E-state index in [0.29, 0.717) is 19.7 Å². The van der Waals surface area contributed by atoms with E-state index in [1.807, 2.05) is 0 Å². The number of carbonyl (C=O) groups excluding carboxylic acids is 1. The second-order valence-corrected chi connectivity index (χ2v) is 3.76. The lowest BCUT2D eigenvalue weighted by Gasteiger charge is -2.17. The van der Waals surface area contributed by atoms with E-state index in [1.54, 1.807) is 21.0 Å². The van der Waals surface area contributed by atoms with Gasteiger partial charge in [-0.1, -0.05) is 0 Å². The van der Waals surface area contributed by atoms with E-state index < -0.39 is 5.60 Å². The van der Waals surface area contributed by atoms with Crippen molar-refractivity contribution in [2.24, 2.45) is 0 Å². The van der Waals surface area contributed by atoms with Gasteiger partial charge in [-0.2, -0.15) is 0 Å². The van der Waals surface area contributed by atoms with Gasteiger partial charge in [-0.25, -0.2) is 0 Å². The van der Waals surface area contributed by atoms with E-state index in [0.717, 1.165) is 0 Å². The molecule has 0 saturated carbocycles. The molecule has 0 aliphatic carbocycles. The molecule has 0 unspecified atom stereocenters. The zero-order valence-electron chi connectivity index (χ0n) is 9.09. The minimum absolute atomic E-state index is 0.0914. The number of methoxy groups -OCH3 is 1. The average molecular weight is 204 g/mol. The average Bonchev–Trinajstić information content (AvgIpc) is 2.02. The van der Waals surface area contributed by atoms with E-state index >= 15 is 0 Å². The van der Waals surface area contributed by atoms with Gasteiger partial charge in [0.1, 0.15) is 0 Å². The minimum Gasteiger partial charge on any atom is -0.389 e. The van der Waals surface area contributed by atoms with Gasteiger partial charge in [0, 0.05) is 20.2 Å². The van der Waals surface area contributed by atoms with Crippen molar-refractivity contribution in [3.63, 3.8) is 0 Å². The van der Waals surface area contributed by atoms with Crippen molar-refractivity contribution in [3.8, 4) is 0 Å². The molecule has 0 saturated heterocycles. The molecular formula is C9H20N2O3. The molecule has 0 fully saturated rings. The van der Waals surface area contributed by atoms with Crippen molar-refractivity contribution >= 4 is 5.91 Å². The molecule has 5 heteroatoms. The zero-order chi connectivity index (χ0) is 11.0. The maximum Gasteiger partial charge on any atom is 0.234 e. The molecule has 0 aliphatic rings. The fourth-order valence-electron chi connectivity index (χ4n) is 0.837. The molecule has 0 radical (unpaired) electrons. The van der Waals surface area contributed by atoms with Crippen LogP contribution in [0.25, 0.3) is 0 Å². The highest BCUT2D eigenvalue weighted by atomic mass is 16.5. The summed E-state index contributed by atoms with van der Waals surface area (Å²) < 4.78 is 4.78. The number of ether oxygens (including phenoxy) is 1. The van der Waals surface area contributed by atoms with Gasteiger partial charge < -0.3 is 20.5 Å². The molecule has 84 valence electrons. The van der Waals surface area contributed by atoms with Crippen LogP contribution in [0, 0.1) is 0 Å². The number of rotatable bonds is 7. The van der Waals surface area contributed by atoms with Gasteiger partial charge >= 0.3 is 0 Å². The molecule has 0 aromatic rings. The molecular weight excluding hydrogens is 184 g/mol. The van der Waals surface area contributed by atoms with E-state index in [4.69, 9.17) is 4.74 Å². The molecule has 0 aromatic heterocycles. The van der Waals surface area contributed by atoms with Crippen LogP contribution in [0.5, 0.6) is 0 Å². The Labute approximate surface area is 84.8 Å². The minimum atomic E-state index is -0.785. The number of aliphatic hydroxyl groups is 1. The van der Waals surface area contributed by atoms with Crippen molar-refractivity contribution in [2.45, 2.75) is 19.4 Å². The maximum absolute atomic E-state index is 11.1. The van der Waals surface area contributed by atoms with Gasteiger partial charge in [-0.05, 0) is 13.8 Å². The molecule has 3 N–H and O–H groups in total. The Morgan fingerprint density at radius 2 is 2.14 bits per heavy atom. The van der Waals surface area contributed by atoms with E-state index in [1.165, 1.54) is 0 Å². The van der Waals surface area contributed by atoms with Crippen molar-refractivity contribution in [1.29, 1.82) is 0 Å². The fraction of sp³-hybridized carbons (Fsp3) is 0.889. The van der Waals surface area contributed by atoms with Crippen LogP contribution in [-0.2, 0) is 9.53 Å². The van der Waals surface area contributed by atoms with Crippen LogP contribution in [0.15, 0.2) is 0 Å². The predicted octanol–water partition coefficient (Wildman–Crippen LogP) is -0.890. The summed E-state index contributed by atoms with van der Waals surface area (Å²) in [4.78, 5) is 11.1. The summed E-state index contributed by atoms with van der Waals surface area (Å²) in [5.74, 6) is -0.0914. The first-order valence-corrected chi connectivity index (χ1v) is 4.64. The van der Waals surface area contributed by atoms with Crippen LogP contribution in [0.1, 0.15) is 13.8 Å². The van der Waals surface area contributed by atoms with Crippen molar-refractivity contribution < 1.29 is 14.6 Å². The van der Waals surface area contributed by atoms with Crippen LogP contribution < -0.4 is 10.6 Å². The molecule has 5 nitrogen and oxygen atoms in total. The number of amides is 1. The molecule has 0 rings (SSSR count). The van der Waals surface area contributed by atoms with Gasteiger partial charge in [0.2, 0.25) is 5.91 Å². The molecule has 0 spiro atoms. The van der Waals surface area contributed by atoms with Crippen LogP contribution in [-0.4, -0.2) is 50.0 Å². The largest absolute Gasteiger partial charge is 0.389 e. The highest BCUT2D eigenvalue weighted by molar-refractivity contribution is 5.77. The predicted molar refractivity (Wildman–Crippen MR) is 54.1 cm³/mol. The normalized spacial score (nSPS) is 11.4. The molecule has 0 bridgehead atoms. The van der Waals surface area contributed by atoms with E-state index in [2.05, 4.69) is 10.6 Å². The van der Waals surface area contributed by atoms with E-state index in [9.17, 15) is 9.90 Å². The summed E-state index contributed by atoms with van der Waals surface area (Å²) in [6.07, 6.45) is 0. The Morgan fingerprint density at radius 3 is 2.64 bits per heavy atom. The fourth-order valence-corrected chi connectivity index (χ4v) is 0.837. The Bertz CT molecular complexity index is 166. The third-order valence-electron chi connectivity index (χ3n) is 1.47. The van der Waals surface area contributed by atoms with Crippen molar-refractivity contribution in [1.82, 2.24) is 10.6 Å². The van der Waals surface area contributed by atoms with Crippen LogP contribution in [0.4, 0.5) is 0 Å². The monoisotopic (exact) mass is 204 g/mol. The Hall–Kier alpha value is -0.650. The number of carbonyl (C=O) groups is 1. The quantitative estimate of drug-likeness (QED) is 0.470. The zero-order valence-corrected chi connectivity index (χ0v) is 9.09. The highest BCUT2D eigenvalue weighted by Gasteiger charge is 2.11. The summed E-state index contributed by atoms with van der Waals surface area (Å²) in [5, 5.41) is 14.8. The smallest absolute Gasteiger partial charge is 0.234 e. The van der Waals surface area contributed by atoms with Crippen LogP contribution in [0.3, 0.4) is 0 Å². The molecule has 14 heavy (non-hydrogen) atoms. The lowest BCUT2D eigenvalue weighted by atomic mass is 10.1. The van der Waals surface area contributed by atoms with Gasteiger partial charge in [0.15, 0.2) is 0 Å². The second kappa shape index (κ2) is 6.75. The van der Waals surface area contributed by atoms with Gasteiger partial charge in [0.25, 0.3) is 0 Å². The lowest BCUT2D eigenvalue weighted by Crippen LogP contribution is -2.41. The number of nitrogens with one attached hydrogen (secondary N) is 2. The molecule has 1 amide bonds. The van der Waals surface area contributed by atoms with Gasteiger partial charge in [-0.15, -0.1) is 0 Å². The Morgan fingerprint density at radius 1 is 1.50 bits per heavy atom. The summed E-state index contributed by atoms with van der Waals surface area (Å²) in [5.41, 5.74) is -0.785. The summed E-state index contributed by atoms with van der Waals surface area (Å²) in [6, 6.07) is 0. The molecule has 0 aromatic carbocycles. The Balaban J connectivity index is 3.36. The second-order valence-electron chi connectivity index (χ2n) is 3.76. The third-order valence-corrected chi connectivity index (χ3v) is 1.47. The topological polar surface area (TPSA) is 70.6 Å².